The minimum Gasteiger partial charge on any atom is -0.398 e. The first kappa shape index (κ1) is 9.28. The Kier molecular flexibility index (Phi) is 27.9. The molecule has 0 bridgehead atoms. The van der Waals surface area contributed by atoms with Crippen molar-refractivity contribution in [2.75, 3.05) is 0 Å². The molecule has 0 unspecified atom stereocenters. The van der Waals surface area contributed by atoms with E-state index in [9.17, 15) is 0 Å². The van der Waals surface area contributed by atoms with Crippen LogP contribution in [-0.4, -0.2) is 0 Å². The van der Waals surface area contributed by atoms with Gasteiger partial charge in [0.15, 0.2) is 0 Å². The summed E-state index contributed by atoms with van der Waals surface area (Å²) in [5.41, 5.74) is 9.31. The number of hydrogen-bond donors (Lipinski definition) is 1. The lowest BCUT2D eigenvalue weighted by atomic mass is 10.9. The predicted molar refractivity (Wildman–Crippen MR) is 32.7 cm³/mol. The van der Waals surface area contributed by atoms with Crippen molar-refractivity contribution < 1.29 is 0 Å². The molecule has 0 aliphatic heterocycles. The van der Waals surface area contributed by atoms with Gasteiger partial charge in [0, 0.05) is 6.20 Å². The van der Waals surface area contributed by atoms with E-state index in [1.165, 1.54) is 6.20 Å². The third-order valence-electron chi connectivity index (χ3n) is 0.118. The molecule has 0 saturated carbocycles. The number of hydrogen-bond acceptors (Lipinski definition) is 1. The molecule has 0 aliphatic rings. The summed E-state index contributed by atoms with van der Waals surface area (Å²) in [5.74, 6) is 0. The van der Waals surface area contributed by atoms with Gasteiger partial charge in [0.2, 0.25) is 0 Å². The molecule has 7 heavy (non-hydrogen) atoms. The summed E-state index contributed by atoms with van der Waals surface area (Å²) >= 11 is 0. The molecule has 0 saturated heterocycles. The standard InChI is InChI=1S/C3H5N.C3H4/c1-2-3-4;1-3-2/h3H,1,4H2;1-2H2. The molecular weight excluding hydrogens is 86.1 g/mol. The molecule has 1 nitrogen and oxygen atoms in total. The average molecular weight is 95.1 g/mol. The molecular formula is C6H9N. The van der Waals surface area contributed by atoms with Crippen LogP contribution in [0.4, 0.5) is 0 Å². The molecule has 0 aliphatic carbocycles. The van der Waals surface area contributed by atoms with E-state index in [4.69, 9.17) is 5.73 Å². The van der Waals surface area contributed by atoms with Gasteiger partial charge in [-0.3, -0.25) is 0 Å². The molecule has 2 N–H and O–H groups in total. The van der Waals surface area contributed by atoms with E-state index < -0.39 is 0 Å². The smallest absolute Gasteiger partial charge is 0.0365 e. The van der Waals surface area contributed by atoms with Crippen LogP contribution < -0.4 is 5.73 Å². The molecule has 38 valence electrons. The molecule has 0 fully saturated rings. The number of nitrogens with two attached hydrogens (primary N) is 1. The summed E-state index contributed by atoms with van der Waals surface area (Å²) in [6.07, 6.45) is 1.26. The Morgan fingerprint density at radius 1 is 1.29 bits per heavy atom. The highest BCUT2D eigenvalue weighted by molar-refractivity contribution is 4.65. The Morgan fingerprint density at radius 2 is 1.43 bits per heavy atom. The van der Waals surface area contributed by atoms with Gasteiger partial charge in [0.05, 0.1) is 0 Å². The van der Waals surface area contributed by atoms with Crippen LogP contribution in [0.2, 0.25) is 0 Å². The summed E-state index contributed by atoms with van der Waals surface area (Å²) < 4.78 is 0. The predicted octanol–water partition coefficient (Wildman–Crippen LogP) is 1.20. The van der Waals surface area contributed by atoms with E-state index >= 15 is 0 Å². The van der Waals surface area contributed by atoms with Gasteiger partial charge in [0.25, 0.3) is 0 Å². The maximum absolute atomic E-state index is 4.73. The first-order chi connectivity index (χ1) is 3.33. The van der Waals surface area contributed by atoms with Crippen molar-refractivity contribution in [3.05, 3.63) is 37.4 Å². The van der Waals surface area contributed by atoms with E-state index in [2.05, 4.69) is 31.2 Å². The molecule has 0 rings (SSSR count). The van der Waals surface area contributed by atoms with Gasteiger partial charge >= 0.3 is 0 Å². The van der Waals surface area contributed by atoms with Crippen molar-refractivity contribution in [2.24, 2.45) is 5.73 Å². The molecule has 0 atom stereocenters. The third-order valence-corrected chi connectivity index (χ3v) is 0.118. The monoisotopic (exact) mass is 95.1 g/mol. The second-order valence-electron chi connectivity index (χ2n) is 0.621. The zero-order chi connectivity index (χ0) is 6.12. The Bertz CT molecular complexity index is 90.7. The van der Waals surface area contributed by atoms with Crippen LogP contribution in [-0.2, 0) is 0 Å². The fraction of sp³-hybridized carbons (Fsp3) is 0. The Hall–Kier alpha value is -1.16. The molecule has 0 aromatic heterocycles. The summed E-state index contributed by atoms with van der Waals surface area (Å²) in [4.78, 5) is 0. The minimum atomic E-state index is 1.26. The fourth-order valence-corrected chi connectivity index (χ4v) is 0. The molecule has 0 heterocycles. The van der Waals surface area contributed by atoms with Crippen LogP contribution >= 0.6 is 0 Å². The normalized spacial score (nSPS) is 3.43. The summed E-state index contributed by atoms with van der Waals surface area (Å²) in [6, 6.07) is 0. The van der Waals surface area contributed by atoms with Gasteiger partial charge in [-0.25, -0.2) is 0 Å². The third kappa shape index (κ3) is 1520. The second kappa shape index (κ2) is 21.1. The summed E-state index contributed by atoms with van der Waals surface area (Å²) in [5, 5.41) is 0. The lowest BCUT2D eigenvalue weighted by Gasteiger charge is -1.44. The molecule has 1 heteroatoms. The van der Waals surface area contributed by atoms with Gasteiger partial charge < -0.3 is 5.73 Å². The first-order valence-electron chi connectivity index (χ1n) is 1.68. The van der Waals surface area contributed by atoms with Gasteiger partial charge in [-0.15, -0.1) is 11.5 Å². The van der Waals surface area contributed by atoms with Crippen molar-refractivity contribution in [3.8, 4) is 0 Å². The summed E-state index contributed by atoms with van der Waals surface area (Å²) in [6.45, 7) is 9.42. The maximum atomic E-state index is 4.73. The fourth-order valence-electron chi connectivity index (χ4n) is 0. The highest BCUT2D eigenvalue weighted by Crippen LogP contribution is 1.30. The average Bonchev–Trinajstić information content (AvgIpc) is 1.69. The summed E-state index contributed by atoms with van der Waals surface area (Å²) in [7, 11) is 0. The topological polar surface area (TPSA) is 26.0 Å². The first-order valence-corrected chi connectivity index (χ1v) is 1.68. The van der Waals surface area contributed by atoms with Crippen molar-refractivity contribution in [1.29, 1.82) is 0 Å². The Balaban J connectivity index is 0. The van der Waals surface area contributed by atoms with E-state index in [0.29, 0.717) is 0 Å². The van der Waals surface area contributed by atoms with Crippen LogP contribution in [0.1, 0.15) is 0 Å². The van der Waals surface area contributed by atoms with Crippen LogP contribution in [0.3, 0.4) is 0 Å². The molecule has 0 aromatic carbocycles. The number of rotatable bonds is 0. The minimum absolute atomic E-state index is 1.26. The van der Waals surface area contributed by atoms with Crippen LogP contribution in [0, 0.1) is 0 Å². The lowest BCUT2D eigenvalue weighted by molar-refractivity contribution is 1.63. The van der Waals surface area contributed by atoms with Gasteiger partial charge in [-0.05, 0) is 0 Å². The zero-order valence-corrected chi connectivity index (χ0v) is 4.28. The quantitative estimate of drug-likeness (QED) is 0.449. The SMILES string of the molecule is C=C=C.C=C=CN. The highest BCUT2D eigenvalue weighted by atomic mass is 14.5. The van der Waals surface area contributed by atoms with E-state index in [1.807, 2.05) is 0 Å². The zero-order valence-electron chi connectivity index (χ0n) is 4.28. The lowest BCUT2D eigenvalue weighted by Crippen LogP contribution is -1.68. The Labute approximate surface area is 44.2 Å². The van der Waals surface area contributed by atoms with E-state index in [-0.39, 0.29) is 0 Å². The molecule has 0 amide bonds. The van der Waals surface area contributed by atoms with Crippen LogP contribution in [0.25, 0.3) is 0 Å². The molecule has 0 spiro atoms. The van der Waals surface area contributed by atoms with Crippen molar-refractivity contribution in [2.45, 2.75) is 0 Å². The largest absolute Gasteiger partial charge is 0.398 e. The highest BCUT2D eigenvalue weighted by Gasteiger charge is 1.21. The van der Waals surface area contributed by atoms with E-state index in [0.717, 1.165) is 0 Å². The van der Waals surface area contributed by atoms with Crippen molar-refractivity contribution >= 4 is 0 Å². The maximum Gasteiger partial charge on any atom is 0.0365 e. The van der Waals surface area contributed by atoms with Gasteiger partial charge in [-0.2, -0.15) is 0 Å². The van der Waals surface area contributed by atoms with Crippen LogP contribution in [0.15, 0.2) is 37.4 Å². The molecule has 0 radical (unpaired) electrons. The van der Waals surface area contributed by atoms with Crippen molar-refractivity contribution in [3.63, 3.8) is 0 Å². The van der Waals surface area contributed by atoms with Crippen LogP contribution in [0.5, 0.6) is 0 Å². The second-order valence-corrected chi connectivity index (χ2v) is 0.621. The van der Waals surface area contributed by atoms with Gasteiger partial charge in [0.1, 0.15) is 0 Å². The molecule has 0 aromatic rings. The van der Waals surface area contributed by atoms with Crippen molar-refractivity contribution in [1.82, 2.24) is 0 Å². The Morgan fingerprint density at radius 3 is 1.43 bits per heavy atom. The van der Waals surface area contributed by atoms with E-state index in [1.54, 1.807) is 0 Å². The van der Waals surface area contributed by atoms with Gasteiger partial charge in [-0.1, -0.05) is 19.7 Å².